The van der Waals surface area contributed by atoms with Crippen LogP contribution in [0.1, 0.15) is 26.5 Å². The number of furan rings is 1. The summed E-state index contributed by atoms with van der Waals surface area (Å²) in [6.07, 6.45) is 1.33. The lowest BCUT2D eigenvalue weighted by molar-refractivity contribution is -0.115. The summed E-state index contributed by atoms with van der Waals surface area (Å²) in [6.45, 7) is 1.49. The second kappa shape index (κ2) is 8.00. The molecule has 2 aromatic carbocycles. The lowest BCUT2D eigenvalue weighted by atomic mass is 10.1. The maximum Gasteiger partial charge on any atom is 0.265 e. The van der Waals surface area contributed by atoms with Gasteiger partial charge in [-0.15, -0.1) is 0 Å². The van der Waals surface area contributed by atoms with Crippen molar-refractivity contribution in [3.8, 4) is 0 Å². The van der Waals surface area contributed by atoms with E-state index in [0.29, 0.717) is 22.6 Å². The maximum absolute atomic E-state index is 13.1. The molecule has 3 heterocycles. The Balaban J connectivity index is 1.39. The van der Waals surface area contributed by atoms with Crippen molar-refractivity contribution in [2.45, 2.75) is 6.92 Å². The predicted octanol–water partition coefficient (Wildman–Crippen LogP) is 2.69. The Morgan fingerprint density at radius 2 is 1.82 bits per heavy atom. The van der Waals surface area contributed by atoms with Crippen LogP contribution in [0.5, 0.6) is 0 Å². The second-order valence-corrected chi connectivity index (χ2v) is 7.86. The van der Waals surface area contributed by atoms with E-state index in [1.807, 2.05) is 0 Å². The standard InChI is InChI=1S/C24H19N5O5/c1-13-19(20-22(34-13)25-12-28(2)24(20)33)21(31)26-15-9-7-14(8-10-15)23(32)29-11-18(30)27-16-5-3-4-6-17(16)29/h3-10,12H,11H2,1-2H3,(H,26,31)(H,27,30). The molecule has 5 rings (SSSR count). The summed E-state index contributed by atoms with van der Waals surface area (Å²) in [7, 11) is 1.54. The van der Waals surface area contributed by atoms with Gasteiger partial charge in [0.05, 0.1) is 16.9 Å². The number of benzene rings is 2. The molecular formula is C24H19N5O5. The summed E-state index contributed by atoms with van der Waals surface area (Å²) in [4.78, 5) is 56.1. The number of anilines is 3. The zero-order chi connectivity index (χ0) is 24.0. The second-order valence-electron chi connectivity index (χ2n) is 7.86. The number of nitrogens with one attached hydrogen (secondary N) is 2. The van der Waals surface area contributed by atoms with Crippen molar-refractivity contribution in [1.82, 2.24) is 9.55 Å². The molecule has 0 unspecified atom stereocenters. The zero-order valence-corrected chi connectivity index (χ0v) is 18.3. The van der Waals surface area contributed by atoms with Crippen molar-refractivity contribution >= 4 is 45.9 Å². The van der Waals surface area contributed by atoms with Gasteiger partial charge in [-0.25, -0.2) is 4.98 Å². The minimum Gasteiger partial charge on any atom is -0.442 e. The number of amides is 3. The molecule has 0 fully saturated rings. The fourth-order valence-corrected chi connectivity index (χ4v) is 3.92. The monoisotopic (exact) mass is 457 g/mol. The Kier molecular flexibility index (Phi) is 4.97. The third-order valence-corrected chi connectivity index (χ3v) is 5.58. The van der Waals surface area contributed by atoms with Crippen LogP contribution in [0, 0.1) is 6.92 Å². The van der Waals surface area contributed by atoms with Gasteiger partial charge >= 0.3 is 0 Å². The Morgan fingerprint density at radius 1 is 1.09 bits per heavy atom. The first-order valence-corrected chi connectivity index (χ1v) is 10.4. The number of hydrogen-bond acceptors (Lipinski definition) is 6. The molecule has 34 heavy (non-hydrogen) atoms. The predicted molar refractivity (Wildman–Crippen MR) is 125 cm³/mol. The average molecular weight is 457 g/mol. The molecule has 2 N–H and O–H groups in total. The van der Waals surface area contributed by atoms with Crippen LogP contribution < -0.4 is 21.1 Å². The van der Waals surface area contributed by atoms with Crippen molar-refractivity contribution in [1.29, 1.82) is 0 Å². The van der Waals surface area contributed by atoms with Gasteiger partial charge in [-0.3, -0.25) is 24.1 Å². The summed E-state index contributed by atoms with van der Waals surface area (Å²) in [5.74, 6) is -0.870. The highest BCUT2D eigenvalue weighted by molar-refractivity contribution is 6.16. The molecule has 0 aliphatic carbocycles. The van der Waals surface area contributed by atoms with E-state index in [1.165, 1.54) is 15.8 Å². The van der Waals surface area contributed by atoms with E-state index in [4.69, 9.17) is 4.42 Å². The van der Waals surface area contributed by atoms with Crippen molar-refractivity contribution in [2.75, 3.05) is 22.1 Å². The van der Waals surface area contributed by atoms with E-state index in [1.54, 1.807) is 62.5 Å². The van der Waals surface area contributed by atoms with Crippen LogP contribution in [-0.2, 0) is 11.8 Å². The summed E-state index contributed by atoms with van der Waals surface area (Å²) < 4.78 is 6.75. The third-order valence-electron chi connectivity index (χ3n) is 5.58. The quantitative estimate of drug-likeness (QED) is 0.487. The van der Waals surface area contributed by atoms with Crippen molar-refractivity contribution < 1.29 is 18.8 Å². The fraction of sp³-hybridized carbons (Fsp3) is 0.125. The molecule has 170 valence electrons. The number of para-hydroxylation sites is 2. The zero-order valence-electron chi connectivity index (χ0n) is 18.3. The summed E-state index contributed by atoms with van der Waals surface area (Å²) in [5.41, 5.74) is 1.77. The van der Waals surface area contributed by atoms with Gasteiger partial charge in [0.1, 0.15) is 24.0 Å². The van der Waals surface area contributed by atoms with E-state index in [9.17, 15) is 19.2 Å². The van der Waals surface area contributed by atoms with Gasteiger partial charge in [0.2, 0.25) is 11.6 Å². The van der Waals surface area contributed by atoms with Crippen molar-refractivity contribution in [3.05, 3.63) is 82.1 Å². The van der Waals surface area contributed by atoms with E-state index in [2.05, 4.69) is 15.6 Å². The van der Waals surface area contributed by atoms with Gasteiger partial charge in [-0.05, 0) is 43.3 Å². The van der Waals surface area contributed by atoms with Gasteiger partial charge in [0.15, 0.2) is 0 Å². The number of hydrogen-bond donors (Lipinski definition) is 2. The van der Waals surface area contributed by atoms with Crippen LogP contribution in [0.15, 0.2) is 64.1 Å². The van der Waals surface area contributed by atoms with Crippen LogP contribution in [0.4, 0.5) is 17.1 Å². The van der Waals surface area contributed by atoms with Crippen molar-refractivity contribution in [2.24, 2.45) is 7.05 Å². The number of aryl methyl sites for hydroxylation is 2. The minimum absolute atomic E-state index is 0.0931. The number of carbonyl (C=O) groups is 3. The lowest BCUT2D eigenvalue weighted by Gasteiger charge is -2.29. The molecule has 3 amide bonds. The third kappa shape index (κ3) is 3.51. The number of carbonyl (C=O) groups excluding carboxylic acids is 3. The molecule has 1 aliphatic heterocycles. The average Bonchev–Trinajstić information content (AvgIpc) is 3.17. The van der Waals surface area contributed by atoms with E-state index in [-0.39, 0.29) is 40.8 Å². The molecule has 0 saturated heterocycles. The number of rotatable bonds is 3. The lowest BCUT2D eigenvalue weighted by Crippen LogP contribution is -2.42. The summed E-state index contributed by atoms with van der Waals surface area (Å²) in [5, 5.41) is 5.58. The largest absolute Gasteiger partial charge is 0.442 e. The maximum atomic E-state index is 13.1. The number of fused-ring (bicyclic) bond motifs is 2. The molecular weight excluding hydrogens is 438 g/mol. The molecule has 0 atom stereocenters. The Morgan fingerprint density at radius 3 is 2.59 bits per heavy atom. The van der Waals surface area contributed by atoms with Gasteiger partial charge in [-0.1, -0.05) is 12.1 Å². The molecule has 0 bridgehead atoms. The Bertz CT molecular complexity index is 1530. The molecule has 4 aromatic rings. The van der Waals surface area contributed by atoms with Crippen molar-refractivity contribution in [3.63, 3.8) is 0 Å². The van der Waals surface area contributed by atoms with Gasteiger partial charge in [0, 0.05) is 18.3 Å². The molecule has 10 nitrogen and oxygen atoms in total. The van der Waals surface area contributed by atoms with Crippen LogP contribution in [-0.4, -0.2) is 33.8 Å². The van der Waals surface area contributed by atoms with Crippen LogP contribution in [0.3, 0.4) is 0 Å². The molecule has 1 aliphatic rings. The van der Waals surface area contributed by atoms with Gasteiger partial charge < -0.3 is 19.6 Å². The number of nitrogens with zero attached hydrogens (tertiary/aromatic N) is 3. The highest BCUT2D eigenvalue weighted by atomic mass is 16.3. The Labute approximate surface area is 192 Å². The first-order valence-electron chi connectivity index (χ1n) is 10.4. The highest BCUT2D eigenvalue weighted by Gasteiger charge is 2.27. The van der Waals surface area contributed by atoms with E-state index in [0.717, 1.165) is 0 Å². The molecule has 2 aromatic heterocycles. The van der Waals surface area contributed by atoms with Crippen LogP contribution >= 0.6 is 0 Å². The summed E-state index contributed by atoms with van der Waals surface area (Å²) in [6, 6.07) is 13.3. The van der Waals surface area contributed by atoms with Gasteiger partial charge in [-0.2, -0.15) is 0 Å². The molecule has 0 radical (unpaired) electrons. The first-order chi connectivity index (χ1) is 16.3. The van der Waals surface area contributed by atoms with Gasteiger partial charge in [0.25, 0.3) is 17.4 Å². The molecule has 0 spiro atoms. The minimum atomic E-state index is -0.526. The van der Waals surface area contributed by atoms with Crippen LogP contribution in [0.25, 0.3) is 11.1 Å². The summed E-state index contributed by atoms with van der Waals surface area (Å²) >= 11 is 0. The SMILES string of the molecule is Cc1oc2ncn(C)c(=O)c2c1C(=O)Nc1ccc(C(=O)N2CC(=O)Nc3ccccc32)cc1. The smallest absolute Gasteiger partial charge is 0.265 e. The van der Waals surface area contributed by atoms with E-state index < -0.39 is 11.5 Å². The van der Waals surface area contributed by atoms with E-state index >= 15 is 0 Å². The first kappa shape index (κ1) is 21.1. The Hall–Kier alpha value is -4.73. The molecule has 0 saturated carbocycles. The fourth-order valence-electron chi connectivity index (χ4n) is 3.92. The number of aromatic nitrogens is 2. The normalized spacial score (nSPS) is 12.9. The highest BCUT2D eigenvalue weighted by Crippen LogP contribution is 2.30. The topological polar surface area (TPSA) is 127 Å². The van der Waals surface area contributed by atoms with Crippen LogP contribution in [0.2, 0.25) is 0 Å². The molecule has 10 heteroatoms.